The highest BCUT2D eigenvalue weighted by Crippen LogP contribution is 2.21. The van der Waals surface area contributed by atoms with Gasteiger partial charge in [-0.2, -0.15) is 0 Å². The number of pyridine rings is 1. The molecule has 96 valence electrons. The minimum Gasteiger partial charge on any atom is -0.306 e. The Morgan fingerprint density at radius 1 is 1.37 bits per heavy atom. The summed E-state index contributed by atoms with van der Waals surface area (Å²) < 4.78 is 1.81. The highest BCUT2D eigenvalue weighted by atomic mass is 32.1. The molecule has 0 aliphatic carbocycles. The predicted octanol–water partition coefficient (Wildman–Crippen LogP) is 2.66. The second-order valence-corrected chi connectivity index (χ2v) is 5.43. The molecule has 3 heterocycles. The van der Waals surface area contributed by atoms with Gasteiger partial charge in [-0.3, -0.25) is 10.1 Å². The maximum absolute atomic E-state index is 12.1. The Kier molecular flexibility index (Phi) is 2.79. The fourth-order valence-electron chi connectivity index (χ4n) is 1.75. The zero-order valence-corrected chi connectivity index (χ0v) is 11.4. The van der Waals surface area contributed by atoms with Crippen molar-refractivity contribution in [3.8, 4) is 0 Å². The molecule has 0 fully saturated rings. The third-order valence-corrected chi connectivity index (χ3v) is 3.89. The van der Waals surface area contributed by atoms with Crippen LogP contribution in [0.2, 0.25) is 0 Å². The number of nitrogens with zero attached hydrogens (tertiary/aromatic N) is 3. The largest absolute Gasteiger partial charge is 0.306 e. The summed E-state index contributed by atoms with van der Waals surface area (Å²) in [6.07, 6.45) is 5.26. The van der Waals surface area contributed by atoms with Crippen LogP contribution in [0.1, 0.15) is 20.9 Å². The molecule has 0 radical (unpaired) electrons. The first-order valence-corrected chi connectivity index (χ1v) is 6.63. The molecule has 0 atom stereocenters. The smallest absolute Gasteiger partial charge is 0.258 e. The number of hydrogen-bond donors (Lipinski definition) is 1. The minimum atomic E-state index is -0.163. The zero-order valence-electron chi connectivity index (χ0n) is 10.5. The Bertz CT molecular complexity index is 739. The number of carbonyl (C=O) groups is 1. The molecule has 6 heteroatoms. The normalized spacial score (nSPS) is 10.8. The van der Waals surface area contributed by atoms with Gasteiger partial charge in [0.05, 0.1) is 11.3 Å². The van der Waals surface area contributed by atoms with E-state index in [-0.39, 0.29) is 5.91 Å². The van der Waals surface area contributed by atoms with Crippen LogP contribution in [0.4, 0.5) is 5.13 Å². The average molecular weight is 272 g/mol. The number of hydrogen-bond acceptors (Lipinski definition) is 4. The number of nitrogens with one attached hydrogen (secondary N) is 1. The Labute approximate surface area is 113 Å². The molecule has 1 N–H and O–H groups in total. The molecule has 1 amide bonds. The number of aromatic nitrogens is 3. The van der Waals surface area contributed by atoms with Gasteiger partial charge in [-0.15, -0.1) is 11.3 Å². The Morgan fingerprint density at radius 2 is 2.21 bits per heavy atom. The molecule has 0 spiro atoms. The Morgan fingerprint density at radius 3 is 2.95 bits per heavy atom. The van der Waals surface area contributed by atoms with Crippen LogP contribution in [0.3, 0.4) is 0 Å². The number of rotatable bonds is 2. The van der Waals surface area contributed by atoms with Gasteiger partial charge in [-0.05, 0) is 26.0 Å². The van der Waals surface area contributed by atoms with Crippen LogP contribution in [0.25, 0.3) is 5.65 Å². The lowest BCUT2D eigenvalue weighted by Gasteiger charge is -2.02. The summed E-state index contributed by atoms with van der Waals surface area (Å²) in [5.74, 6) is -0.163. The van der Waals surface area contributed by atoms with E-state index in [1.807, 2.05) is 30.5 Å². The van der Waals surface area contributed by atoms with Gasteiger partial charge in [0.15, 0.2) is 5.13 Å². The van der Waals surface area contributed by atoms with Gasteiger partial charge in [0.2, 0.25) is 0 Å². The molecule has 3 rings (SSSR count). The second kappa shape index (κ2) is 4.47. The molecule has 19 heavy (non-hydrogen) atoms. The second-order valence-electron chi connectivity index (χ2n) is 4.23. The molecule has 0 aliphatic heterocycles. The van der Waals surface area contributed by atoms with Gasteiger partial charge in [0, 0.05) is 23.5 Å². The maximum Gasteiger partial charge on any atom is 0.258 e. The number of anilines is 1. The number of amides is 1. The third kappa shape index (κ3) is 2.22. The summed E-state index contributed by atoms with van der Waals surface area (Å²) in [5.41, 5.74) is 2.35. The molecule has 3 aromatic heterocycles. The first kappa shape index (κ1) is 11.9. The third-order valence-electron chi connectivity index (χ3n) is 2.90. The molecule has 0 saturated heterocycles. The van der Waals surface area contributed by atoms with Crippen molar-refractivity contribution < 1.29 is 4.79 Å². The summed E-state index contributed by atoms with van der Waals surface area (Å²) in [5, 5.41) is 3.44. The van der Waals surface area contributed by atoms with E-state index in [9.17, 15) is 4.79 Å². The predicted molar refractivity (Wildman–Crippen MR) is 74.7 cm³/mol. The number of aryl methyl sites for hydroxylation is 2. The Balaban J connectivity index is 1.86. The van der Waals surface area contributed by atoms with Gasteiger partial charge >= 0.3 is 0 Å². The monoisotopic (exact) mass is 272 g/mol. The summed E-state index contributed by atoms with van der Waals surface area (Å²) in [6.45, 7) is 3.92. The molecule has 5 nitrogen and oxygen atoms in total. The van der Waals surface area contributed by atoms with Gasteiger partial charge in [0.1, 0.15) is 5.65 Å². The lowest BCUT2D eigenvalue weighted by atomic mass is 10.2. The SMILES string of the molecule is Cc1nc(NC(=O)c2ccc3nccn3c2)sc1C. The van der Waals surface area contributed by atoms with Gasteiger partial charge in [-0.25, -0.2) is 9.97 Å². The molecular weight excluding hydrogens is 260 g/mol. The van der Waals surface area contributed by atoms with E-state index < -0.39 is 0 Å². The van der Waals surface area contributed by atoms with Gasteiger partial charge in [0.25, 0.3) is 5.91 Å². The highest BCUT2D eigenvalue weighted by Gasteiger charge is 2.10. The van der Waals surface area contributed by atoms with Crippen molar-refractivity contribution in [2.24, 2.45) is 0 Å². The van der Waals surface area contributed by atoms with E-state index in [1.165, 1.54) is 11.3 Å². The van der Waals surface area contributed by atoms with Crippen molar-refractivity contribution >= 4 is 28.0 Å². The van der Waals surface area contributed by atoms with E-state index >= 15 is 0 Å². The number of carbonyl (C=O) groups excluding carboxylic acids is 1. The van der Waals surface area contributed by atoms with Gasteiger partial charge < -0.3 is 4.40 Å². The molecule has 3 aromatic rings. The fourth-order valence-corrected chi connectivity index (χ4v) is 2.56. The number of thiazole rings is 1. The molecule has 0 unspecified atom stereocenters. The zero-order chi connectivity index (χ0) is 13.4. The summed E-state index contributed by atoms with van der Waals surface area (Å²) in [6, 6.07) is 3.57. The van der Waals surface area contributed by atoms with Crippen LogP contribution < -0.4 is 5.32 Å². The summed E-state index contributed by atoms with van der Waals surface area (Å²) in [7, 11) is 0. The van der Waals surface area contributed by atoms with E-state index in [1.54, 1.807) is 18.5 Å². The van der Waals surface area contributed by atoms with E-state index in [0.717, 1.165) is 16.2 Å². The van der Waals surface area contributed by atoms with E-state index in [0.29, 0.717) is 10.7 Å². The Hall–Kier alpha value is -2.21. The topological polar surface area (TPSA) is 59.3 Å². The highest BCUT2D eigenvalue weighted by molar-refractivity contribution is 7.15. The molecule has 0 bridgehead atoms. The maximum atomic E-state index is 12.1. The first-order chi connectivity index (χ1) is 9.13. The van der Waals surface area contributed by atoms with Crippen LogP contribution >= 0.6 is 11.3 Å². The minimum absolute atomic E-state index is 0.163. The molecule has 0 aromatic carbocycles. The van der Waals surface area contributed by atoms with E-state index in [4.69, 9.17) is 0 Å². The van der Waals surface area contributed by atoms with Crippen LogP contribution in [-0.4, -0.2) is 20.3 Å². The van der Waals surface area contributed by atoms with Crippen LogP contribution in [0.15, 0.2) is 30.7 Å². The van der Waals surface area contributed by atoms with Crippen molar-refractivity contribution in [3.63, 3.8) is 0 Å². The van der Waals surface area contributed by atoms with Crippen LogP contribution in [0.5, 0.6) is 0 Å². The molecule has 0 aliphatic rings. The standard InChI is InChI=1S/C13H12N4OS/c1-8-9(2)19-13(15-8)16-12(18)10-3-4-11-14-5-6-17(11)7-10/h3-7H,1-2H3,(H,15,16,18). The fraction of sp³-hybridized carbons (Fsp3) is 0.154. The van der Waals surface area contributed by atoms with Gasteiger partial charge in [-0.1, -0.05) is 0 Å². The summed E-state index contributed by atoms with van der Waals surface area (Å²) in [4.78, 5) is 21.7. The first-order valence-electron chi connectivity index (χ1n) is 5.81. The van der Waals surface area contributed by atoms with Crippen molar-refractivity contribution in [1.82, 2.24) is 14.4 Å². The number of fused-ring (bicyclic) bond motifs is 1. The van der Waals surface area contributed by atoms with E-state index in [2.05, 4.69) is 15.3 Å². The van der Waals surface area contributed by atoms with Crippen LogP contribution in [-0.2, 0) is 0 Å². The van der Waals surface area contributed by atoms with Crippen molar-refractivity contribution in [2.75, 3.05) is 5.32 Å². The average Bonchev–Trinajstić information content (AvgIpc) is 2.96. The lowest BCUT2D eigenvalue weighted by Crippen LogP contribution is -2.12. The quantitative estimate of drug-likeness (QED) is 0.780. The number of imidazole rings is 1. The molecule has 0 saturated carbocycles. The van der Waals surface area contributed by atoms with Crippen molar-refractivity contribution in [3.05, 3.63) is 46.9 Å². The lowest BCUT2D eigenvalue weighted by molar-refractivity contribution is 0.102. The summed E-state index contributed by atoms with van der Waals surface area (Å²) >= 11 is 1.48. The van der Waals surface area contributed by atoms with Crippen molar-refractivity contribution in [1.29, 1.82) is 0 Å². The van der Waals surface area contributed by atoms with Crippen molar-refractivity contribution in [2.45, 2.75) is 13.8 Å². The molecular formula is C13H12N4OS. The van der Waals surface area contributed by atoms with Crippen LogP contribution in [0, 0.1) is 13.8 Å².